The molecule has 1 aromatic rings. The van der Waals surface area contributed by atoms with Gasteiger partial charge in [0.25, 0.3) is 0 Å². The summed E-state index contributed by atoms with van der Waals surface area (Å²) in [6.07, 6.45) is 5.11. The molecule has 0 atom stereocenters. The number of benzene rings is 1. The van der Waals surface area contributed by atoms with E-state index < -0.39 is 0 Å². The van der Waals surface area contributed by atoms with Gasteiger partial charge < -0.3 is 0 Å². The van der Waals surface area contributed by atoms with Gasteiger partial charge in [-0.25, -0.2) is 0 Å². The molecule has 13 heavy (non-hydrogen) atoms. The lowest BCUT2D eigenvalue weighted by Crippen LogP contribution is -1.86. The number of allylic oxidation sites excluding steroid dienone is 1. The van der Waals surface area contributed by atoms with E-state index in [4.69, 9.17) is 11.6 Å². The van der Waals surface area contributed by atoms with Gasteiger partial charge in [0.05, 0.1) is 0 Å². The molecular weight excluding hydrogens is 247 g/mol. The van der Waals surface area contributed by atoms with Crippen LogP contribution in [0.4, 0.5) is 0 Å². The van der Waals surface area contributed by atoms with Gasteiger partial charge in [-0.05, 0) is 43.0 Å². The van der Waals surface area contributed by atoms with Crippen molar-refractivity contribution in [2.45, 2.75) is 19.3 Å². The first kappa shape index (κ1) is 10.8. The molecule has 0 aliphatic rings. The Hall–Kier alpha value is -0.270. The Morgan fingerprint density at radius 2 is 2.23 bits per heavy atom. The first-order valence-corrected chi connectivity index (χ1v) is 5.46. The summed E-state index contributed by atoms with van der Waals surface area (Å²) in [5.74, 6) is 0. The summed E-state index contributed by atoms with van der Waals surface area (Å²) in [4.78, 5) is 0. The summed E-state index contributed by atoms with van der Waals surface area (Å²) >= 11 is 9.45. The number of hydrogen-bond acceptors (Lipinski definition) is 0. The number of hydrogen-bond donors (Lipinski definition) is 0. The molecule has 2 heteroatoms. The third kappa shape index (κ3) is 3.53. The summed E-state index contributed by atoms with van der Waals surface area (Å²) in [5, 5.41) is 0.854. The molecule has 0 unspecified atom stereocenters. The molecule has 0 aliphatic heterocycles. The van der Waals surface area contributed by atoms with Crippen LogP contribution in [0.2, 0.25) is 5.02 Å². The van der Waals surface area contributed by atoms with E-state index in [0.717, 1.165) is 28.8 Å². The molecule has 0 amide bonds. The molecule has 1 rings (SSSR count). The summed E-state index contributed by atoms with van der Waals surface area (Å²) in [6.45, 7) is 3.69. The van der Waals surface area contributed by atoms with Gasteiger partial charge in [-0.3, -0.25) is 0 Å². The van der Waals surface area contributed by atoms with Crippen LogP contribution in [0.1, 0.15) is 18.4 Å². The molecule has 0 aliphatic carbocycles. The fourth-order valence-electron chi connectivity index (χ4n) is 1.17. The fraction of sp³-hybridized carbons (Fsp3) is 0.273. The standard InChI is InChI=1S/C11H12BrCl/c1-2-3-4-5-9-8-10(12)6-7-11(9)13/h2,6-8H,1,3-5H2. The first-order chi connectivity index (χ1) is 6.24. The maximum atomic E-state index is 6.03. The van der Waals surface area contributed by atoms with E-state index >= 15 is 0 Å². The van der Waals surface area contributed by atoms with Gasteiger partial charge in [-0.15, -0.1) is 6.58 Å². The largest absolute Gasteiger partial charge is 0.103 e. The zero-order valence-electron chi connectivity index (χ0n) is 7.39. The zero-order chi connectivity index (χ0) is 9.68. The minimum Gasteiger partial charge on any atom is -0.103 e. The highest BCUT2D eigenvalue weighted by Gasteiger charge is 1.99. The van der Waals surface area contributed by atoms with Gasteiger partial charge in [-0.2, -0.15) is 0 Å². The summed E-state index contributed by atoms with van der Waals surface area (Å²) in [6, 6.07) is 5.96. The van der Waals surface area contributed by atoms with E-state index in [9.17, 15) is 0 Å². The lowest BCUT2D eigenvalue weighted by molar-refractivity contribution is 0.844. The van der Waals surface area contributed by atoms with Crippen LogP contribution in [0, 0.1) is 0 Å². The molecule has 0 saturated heterocycles. The lowest BCUT2D eigenvalue weighted by Gasteiger charge is -2.03. The second-order valence-corrected chi connectivity index (χ2v) is 4.24. The Labute approximate surface area is 92.7 Å². The molecule has 0 N–H and O–H groups in total. The Bertz CT molecular complexity index is 294. The second kappa shape index (κ2) is 5.46. The van der Waals surface area contributed by atoms with Crippen molar-refractivity contribution in [1.29, 1.82) is 0 Å². The Morgan fingerprint density at radius 3 is 2.92 bits per heavy atom. The van der Waals surface area contributed by atoms with Gasteiger partial charge in [0.1, 0.15) is 0 Å². The molecule has 0 spiro atoms. The van der Waals surface area contributed by atoms with Crippen molar-refractivity contribution in [2.75, 3.05) is 0 Å². The second-order valence-electron chi connectivity index (χ2n) is 2.92. The van der Waals surface area contributed by atoms with Crippen molar-refractivity contribution in [1.82, 2.24) is 0 Å². The Balaban J connectivity index is 2.64. The van der Waals surface area contributed by atoms with Crippen LogP contribution in [0.15, 0.2) is 35.3 Å². The summed E-state index contributed by atoms with van der Waals surface area (Å²) in [5.41, 5.74) is 1.21. The number of unbranched alkanes of at least 4 members (excludes halogenated alkanes) is 1. The van der Waals surface area contributed by atoms with Crippen LogP contribution in [-0.2, 0) is 6.42 Å². The minimum atomic E-state index is 0.854. The van der Waals surface area contributed by atoms with Crippen molar-refractivity contribution in [3.8, 4) is 0 Å². The molecule has 70 valence electrons. The predicted octanol–water partition coefficient (Wildman–Crippen LogP) is 4.61. The maximum Gasteiger partial charge on any atom is 0.0438 e. The van der Waals surface area contributed by atoms with Gasteiger partial charge in [-0.1, -0.05) is 33.6 Å². The van der Waals surface area contributed by atoms with E-state index in [1.165, 1.54) is 5.56 Å². The van der Waals surface area contributed by atoms with E-state index in [2.05, 4.69) is 28.6 Å². The molecule has 1 aromatic carbocycles. The topological polar surface area (TPSA) is 0 Å². The number of aryl methyl sites for hydroxylation is 1. The molecular formula is C11H12BrCl. The molecule has 0 heterocycles. The summed E-state index contributed by atoms with van der Waals surface area (Å²) in [7, 11) is 0. The van der Waals surface area contributed by atoms with E-state index in [1.54, 1.807) is 0 Å². The SMILES string of the molecule is C=CCCCc1cc(Br)ccc1Cl. The number of halogens is 2. The molecule has 0 fully saturated rings. The number of rotatable bonds is 4. The first-order valence-electron chi connectivity index (χ1n) is 4.29. The molecule has 0 bridgehead atoms. The van der Waals surface area contributed by atoms with Crippen LogP contribution < -0.4 is 0 Å². The minimum absolute atomic E-state index is 0.854. The molecule has 0 nitrogen and oxygen atoms in total. The quantitative estimate of drug-likeness (QED) is 0.547. The van der Waals surface area contributed by atoms with Crippen LogP contribution in [0.3, 0.4) is 0 Å². The van der Waals surface area contributed by atoms with Crippen molar-refractivity contribution < 1.29 is 0 Å². The predicted molar refractivity (Wildman–Crippen MR) is 62.3 cm³/mol. The third-order valence-corrected chi connectivity index (χ3v) is 2.72. The van der Waals surface area contributed by atoms with Crippen molar-refractivity contribution in [3.63, 3.8) is 0 Å². The van der Waals surface area contributed by atoms with E-state index in [-0.39, 0.29) is 0 Å². The molecule has 0 radical (unpaired) electrons. The molecule has 0 aromatic heterocycles. The average Bonchev–Trinajstić information content (AvgIpc) is 2.11. The Kier molecular flexibility index (Phi) is 4.54. The zero-order valence-corrected chi connectivity index (χ0v) is 9.74. The highest BCUT2D eigenvalue weighted by Crippen LogP contribution is 2.22. The lowest BCUT2D eigenvalue weighted by atomic mass is 10.1. The van der Waals surface area contributed by atoms with Gasteiger partial charge in [0.15, 0.2) is 0 Å². The maximum absolute atomic E-state index is 6.03. The van der Waals surface area contributed by atoms with Gasteiger partial charge >= 0.3 is 0 Å². The fourth-order valence-corrected chi connectivity index (χ4v) is 1.79. The van der Waals surface area contributed by atoms with Crippen molar-refractivity contribution in [2.24, 2.45) is 0 Å². The Morgan fingerprint density at radius 1 is 1.46 bits per heavy atom. The summed E-state index contributed by atoms with van der Waals surface area (Å²) < 4.78 is 1.09. The van der Waals surface area contributed by atoms with Gasteiger partial charge in [0, 0.05) is 9.50 Å². The van der Waals surface area contributed by atoms with Gasteiger partial charge in [0.2, 0.25) is 0 Å². The normalized spacial score (nSPS) is 10.0. The van der Waals surface area contributed by atoms with Crippen molar-refractivity contribution >= 4 is 27.5 Å². The highest BCUT2D eigenvalue weighted by atomic mass is 79.9. The van der Waals surface area contributed by atoms with E-state index in [1.807, 2.05) is 18.2 Å². The monoisotopic (exact) mass is 258 g/mol. The van der Waals surface area contributed by atoms with Crippen molar-refractivity contribution in [3.05, 3.63) is 45.9 Å². The van der Waals surface area contributed by atoms with Crippen LogP contribution in [-0.4, -0.2) is 0 Å². The van der Waals surface area contributed by atoms with Crippen LogP contribution in [0.5, 0.6) is 0 Å². The smallest absolute Gasteiger partial charge is 0.0438 e. The van der Waals surface area contributed by atoms with E-state index in [0.29, 0.717) is 0 Å². The third-order valence-electron chi connectivity index (χ3n) is 1.86. The molecule has 0 saturated carbocycles. The highest BCUT2D eigenvalue weighted by molar-refractivity contribution is 9.10. The van der Waals surface area contributed by atoms with Crippen LogP contribution >= 0.6 is 27.5 Å². The average molecular weight is 260 g/mol. The van der Waals surface area contributed by atoms with Crippen LogP contribution in [0.25, 0.3) is 0 Å².